The van der Waals surface area contributed by atoms with Crippen LogP contribution in [0.4, 0.5) is 5.69 Å². The Hall–Kier alpha value is -0.710. The van der Waals surface area contributed by atoms with E-state index in [9.17, 15) is 0 Å². The van der Waals surface area contributed by atoms with E-state index < -0.39 is 0 Å². The molecule has 0 saturated carbocycles. The molecule has 0 atom stereocenters. The number of ether oxygens (including phenoxy) is 1. The molecule has 0 heterocycles. The second kappa shape index (κ2) is 6.64. The predicted molar refractivity (Wildman–Crippen MR) is 87.2 cm³/mol. The zero-order valence-electron chi connectivity index (χ0n) is 10.2. The van der Waals surface area contributed by atoms with E-state index in [-0.39, 0.29) is 0 Å². The third kappa shape index (κ3) is 3.88. The molecule has 0 aliphatic heterocycles. The molecule has 0 aliphatic carbocycles. The molecule has 2 aromatic rings. The van der Waals surface area contributed by atoms with Crippen LogP contribution in [0, 0.1) is 0 Å². The number of nitrogens with one attached hydrogen (secondary N) is 1. The number of benzene rings is 2. The lowest BCUT2D eigenvalue weighted by atomic mass is 10.2. The molecule has 2 nitrogen and oxygen atoms in total. The summed E-state index contributed by atoms with van der Waals surface area (Å²) < 4.78 is 7.17. The van der Waals surface area contributed by atoms with Crippen molar-refractivity contribution in [3.63, 3.8) is 0 Å². The van der Waals surface area contributed by atoms with E-state index in [1.807, 2.05) is 36.4 Å². The van der Waals surface area contributed by atoms with Crippen molar-refractivity contribution in [2.45, 2.75) is 6.54 Å². The summed E-state index contributed by atoms with van der Waals surface area (Å²) in [6.07, 6.45) is 0. The summed E-state index contributed by atoms with van der Waals surface area (Å²) in [6.45, 7) is 0.664. The van der Waals surface area contributed by atoms with Crippen LogP contribution in [-0.4, -0.2) is 7.11 Å². The van der Waals surface area contributed by atoms with Crippen LogP contribution in [0.5, 0.6) is 5.75 Å². The number of halogens is 3. The SMILES string of the molecule is COc1cc(NCc2ccc(Br)cc2Cl)ccc1Br. The first-order valence-electron chi connectivity index (χ1n) is 5.61. The standard InChI is InChI=1S/C14H12Br2ClNO/c1-19-14-7-11(4-5-12(14)16)18-8-9-2-3-10(15)6-13(9)17/h2-7,18H,8H2,1H3. The van der Waals surface area contributed by atoms with Crippen molar-refractivity contribution in [3.05, 3.63) is 55.9 Å². The highest BCUT2D eigenvalue weighted by Gasteiger charge is 2.04. The molecular formula is C14H12Br2ClNO. The molecule has 0 fully saturated rings. The van der Waals surface area contributed by atoms with Crippen molar-refractivity contribution in [3.8, 4) is 5.75 Å². The van der Waals surface area contributed by atoms with E-state index in [0.29, 0.717) is 6.54 Å². The van der Waals surface area contributed by atoms with Crippen LogP contribution in [0.2, 0.25) is 5.02 Å². The summed E-state index contributed by atoms with van der Waals surface area (Å²) in [7, 11) is 1.65. The van der Waals surface area contributed by atoms with Gasteiger partial charge in [0.05, 0.1) is 11.6 Å². The van der Waals surface area contributed by atoms with Gasteiger partial charge in [-0.1, -0.05) is 33.6 Å². The Labute approximate surface area is 134 Å². The summed E-state index contributed by atoms with van der Waals surface area (Å²) in [5.41, 5.74) is 2.03. The molecule has 0 saturated heterocycles. The van der Waals surface area contributed by atoms with Crippen LogP contribution in [-0.2, 0) is 6.54 Å². The Bertz CT molecular complexity index is 590. The maximum atomic E-state index is 6.18. The highest BCUT2D eigenvalue weighted by Crippen LogP contribution is 2.28. The normalized spacial score (nSPS) is 10.3. The highest BCUT2D eigenvalue weighted by molar-refractivity contribution is 9.10. The number of hydrogen-bond acceptors (Lipinski definition) is 2. The number of rotatable bonds is 4. The summed E-state index contributed by atoms with van der Waals surface area (Å²) in [5.74, 6) is 0.798. The Kier molecular flexibility index (Phi) is 5.13. The maximum Gasteiger partial charge on any atom is 0.135 e. The van der Waals surface area contributed by atoms with E-state index in [4.69, 9.17) is 16.3 Å². The Morgan fingerprint density at radius 3 is 2.63 bits per heavy atom. The largest absolute Gasteiger partial charge is 0.495 e. The van der Waals surface area contributed by atoms with Gasteiger partial charge in [-0.05, 0) is 45.8 Å². The van der Waals surface area contributed by atoms with Crippen LogP contribution in [0.15, 0.2) is 45.3 Å². The fraction of sp³-hybridized carbons (Fsp3) is 0.143. The quantitative estimate of drug-likeness (QED) is 0.727. The van der Waals surface area contributed by atoms with E-state index in [1.165, 1.54) is 0 Å². The van der Waals surface area contributed by atoms with Crippen molar-refractivity contribution >= 4 is 49.1 Å². The molecule has 2 aromatic carbocycles. The minimum atomic E-state index is 0.664. The second-order valence-corrected chi connectivity index (χ2v) is 6.12. The van der Waals surface area contributed by atoms with Crippen LogP contribution in [0.3, 0.4) is 0 Å². The Balaban J connectivity index is 2.10. The first-order valence-corrected chi connectivity index (χ1v) is 7.58. The fourth-order valence-electron chi connectivity index (χ4n) is 1.63. The Morgan fingerprint density at radius 2 is 1.95 bits per heavy atom. The van der Waals surface area contributed by atoms with Crippen LogP contribution < -0.4 is 10.1 Å². The highest BCUT2D eigenvalue weighted by atomic mass is 79.9. The van der Waals surface area contributed by atoms with E-state index in [1.54, 1.807) is 7.11 Å². The smallest absolute Gasteiger partial charge is 0.135 e. The second-order valence-electron chi connectivity index (χ2n) is 3.94. The third-order valence-corrected chi connectivity index (χ3v) is 4.15. The van der Waals surface area contributed by atoms with Crippen LogP contribution in [0.25, 0.3) is 0 Å². The summed E-state index contributed by atoms with van der Waals surface area (Å²) in [4.78, 5) is 0. The van der Waals surface area contributed by atoms with Gasteiger partial charge in [0.2, 0.25) is 0 Å². The molecule has 100 valence electrons. The average Bonchev–Trinajstić information content (AvgIpc) is 2.39. The van der Waals surface area contributed by atoms with Gasteiger partial charge in [-0.15, -0.1) is 0 Å². The Morgan fingerprint density at radius 1 is 1.16 bits per heavy atom. The number of methoxy groups -OCH3 is 1. The number of anilines is 1. The predicted octanol–water partition coefficient (Wildman–Crippen LogP) is 5.49. The van der Waals surface area contributed by atoms with Crippen molar-refractivity contribution < 1.29 is 4.74 Å². The lowest BCUT2D eigenvalue weighted by Crippen LogP contribution is -2.00. The molecule has 0 aliphatic rings. The first kappa shape index (κ1) is 14.7. The van der Waals surface area contributed by atoms with Gasteiger partial charge in [0.15, 0.2) is 0 Å². The first-order chi connectivity index (χ1) is 9.10. The zero-order chi connectivity index (χ0) is 13.8. The van der Waals surface area contributed by atoms with Gasteiger partial charge in [-0.25, -0.2) is 0 Å². The number of hydrogen-bond donors (Lipinski definition) is 1. The molecule has 0 aromatic heterocycles. The monoisotopic (exact) mass is 403 g/mol. The van der Waals surface area contributed by atoms with Crippen molar-refractivity contribution in [2.24, 2.45) is 0 Å². The van der Waals surface area contributed by atoms with Gasteiger partial charge in [-0.3, -0.25) is 0 Å². The van der Waals surface area contributed by atoms with Gasteiger partial charge in [-0.2, -0.15) is 0 Å². The van der Waals surface area contributed by atoms with Gasteiger partial charge in [0, 0.05) is 27.8 Å². The lowest BCUT2D eigenvalue weighted by molar-refractivity contribution is 0.412. The van der Waals surface area contributed by atoms with E-state index in [2.05, 4.69) is 37.2 Å². The van der Waals surface area contributed by atoms with Crippen molar-refractivity contribution in [2.75, 3.05) is 12.4 Å². The molecule has 0 radical (unpaired) electrons. The average molecular weight is 406 g/mol. The fourth-order valence-corrected chi connectivity index (χ4v) is 2.78. The summed E-state index contributed by atoms with van der Waals surface area (Å²) in [5, 5.41) is 4.06. The lowest BCUT2D eigenvalue weighted by Gasteiger charge is -2.10. The molecule has 0 bridgehead atoms. The van der Waals surface area contributed by atoms with Gasteiger partial charge >= 0.3 is 0 Å². The summed E-state index contributed by atoms with van der Waals surface area (Å²) >= 11 is 13.0. The van der Waals surface area contributed by atoms with E-state index >= 15 is 0 Å². The minimum absolute atomic E-state index is 0.664. The maximum absolute atomic E-state index is 6.18. The van der Waals surface area contributed by atoms with E-state index in [0.717, 1.165) is 31.0 Å². The molecule has 0 unspecified atom stereocenters. The topological polar surface area (TPSA) is 21.3 Å². The van der Waals surface area contributed by atoms with Crippen LogP contribution in [0.1, 0.15) is 5.56 Å². The summed E-state index contributed by atoms with van der Waals surface area (Å²) in [6, 6.07) is 11.7. The molecule has 19 heavy (non-hydrogen) atoms. The van der Waals surface area contributed by atoms with Gasteiger partial charge in [0.1, 0.15) is 5.75 Å². The zero-order valence-corrected chi connectivity index (χ0v) is 14.1. The molecule has 0 spiro atoms. The van der Waals surface area contributed by atoms with Crippen molar-refractivity contribution in [1.82, 2.24) is 0 Å². The van der Waals surface area contributed by atoms with Gasteiger partial charge < -0.3 is 10.1 Å². The molecular weight excluding hydrogens is 393 g/mol. The third-order valence-electron chi connectivity index (χ3n) is 2.65. The molecule has 5 heteroatoms. The minimum Gasteiger partial charge on any atom is -0.495 e. The molecule has 1 N–H and O–H groups in total. The van der Waals surface area contributed by atoms with Crippen LogP contribution >= 0.6 is 43.5 Å². The van der Waals surface area contributed by atoms with Crippen molar-refractivity contribution in [1.29, 1.82) is 0 Å². The van der Waals surface area contributed by atoms with Gasteiger partial charge in [0.25, 0.3) is 0 Å². The molecule has 0 amide bonds. The molecule has 2 rings (SSSR count).